The predicted molar refractivity (Wildman–Crippen MR) is 136 cm³/mol. The lowest BCUT2D eigenvalue weighted by Crippen LogP contribution is -2.58. The van der Waals surface area contributed by atoms with Crippen LogP contribution < -0.4 is 27.4 Å². The van der Waals surface area contributed by atoms with Crippen LogP contribution in [0.3, 0.4) is 0 Å². The van der Waals surface area contributed by atoms with E-state index < -0.39 is 66.9 Å². The maximum absolute atomic E-state index is 13.2. The van der Waals surface area contributed by atoms with E-state index in [0.29, 0.717) is 24.9 Å². The molecule has 208 valence electrons. The predicted octanol–water partition coefficient (Wildman–Crippen LogP) is -1.83. The van der Waals surface area contributed by atoms with Gasteiger partial charge in [0, 0.05) is 23.5 Å². The molecule has 14 nitrogen and oxygen atoms in total. The van der Waals surface area contributed by atoms with Gasteiger partial charge in [-0.25, -0.2) is 4.79 Å². The molecule has 0 aliphatic heterocycles. The minimum absolute atomic E-state index is 0.0576. The van der Waals surface area contributed by atoms with Crippen LogP contribution in [0.1, 0.15) is 31.2 Å². The lowest BCUT2D eigenvalue weighted by molar-refractivity contribution is -0.142. The van der Waals surface area contributed by atoms with Crippen LogP contribution in [0, 0.1) is 0 Å². The molecule has 0 saturated heterocycles. The summed E-state index contributed by atoms with van der Waals surface area (Å²) in [6, 6.07) is 1.70. The highest BCUT2D eigenvalue weighted by molar-refractivity contribution is 5.95. The Morgan fingerprint density at radius 1 is 0.895 bits per heavy atom. The molecule has 3 amide bonds. The third-order valence-corrected chi connectivity index (χ3v) is 5.84. The average Bonchev–Trinajstić information content (AvgIpc) is 3.28. The largest absolute Gasteiger partial charge is 0.481 e. The number of carbonyl (C=O) groups excluding carboxylic acids is 3. The van der Waals surface area contributed by atoms with E-state index in [0.717, 1.165) is 10.9 Å². The fourth-order valence-corrected chi connectivity index (χ4v) is 3.78. The molecule has 38 heavy (non-hydrogen) atoms. The Balaban J connectivity index is 2.20. The van der Waals surface area contributed by atoms with Crippen molar-refractivity contribution < 1.29 is 39.3 Å². The number of carbonyl (C=O) groups is 5. The molecule has 14 heteroatoms. The number of aliphatic carboxylic acids is 2. The zero-order valence-electron chi connectivity index (χ0n) is 20.7. The molecule has 4 atom stereocenters. The minimum atomic E-state index is -1.52. The molecule has 0 saturated carbocycles. The molecule has 1 heterocycles. The fourth-order valence-electron chi connectivity index (χ4n) is 3.78. The summed E-state index contributed by atoms with van der Waals surface area (Å²) in [6.45, 7) is -0.492. The van der Waals surface area contributed by atoms with E-state index in [1.54, 1.807) is 18.3 Å². The molecule has 0 bridgehead atoms. The number of hydrogen-bond acceptors (Lipinski definition) is 8. The maximum atomic E-state index is 13.2. The molecular formula is C24H34N6O8. The van der Waals surface area contributed by atoms with Gasteiger partial charge in [0.2, 0.25) is 17.7 Å². The van der Waals surface area contributed by atoms with Gasteiger partial charge in [0.25, 0.3) is 0 Å². The van der Waals surface area contributed by atoms with E-state index in [1.165, 1.54) is 0 Å². The van der Waals surface area contributed by atoms with E-state index in [9.17, 15) is 34.2 Å². The number of nitrogens with one attached hydrogen (secondary N) is 4. The second kappa shape index (κ2) is 14.7. The third-order valence-electron chi connectivity index (χ3n) is 5.84. The van der Waals surface area contributed by atoms with Gasteiger partial charge in [-0.2, -0.15) is 0 Å². The van der Waals surface area contributed by atoms with Crippen molar-refractivity contribution in [2.24, 2.45) is 11.5 Å². The van der Waals surface area contributed by atoms with Gasteiger partial charge < -0.3 is 47.7 Å². The topological polar surface area (TPSA) is 250 Å². The summed E-state index contributed by atoms with van der Waals surface area (Å²) in [4.78, 5) is 63.9. The summed E-state index contributed by atoms with van der Waals surface area (Å²) >= 11 is 0. The number of para-hydroxylation sites is 1. The Hall–Kier alpha value is -4.01. The Labute approximate surface area is 218 Å². The third kappa shape index (κ3) is 8.83. The van der Waals surface area contributed by atoms with Gasteiger partial charge in [-0.15, -0.1) is 0 Å². The number of carboxylic acids is 2. The van der Waals surface area contributed by atoms with Crippen molar-refractivity contribution >= 4 is 40.6 Å². The van der Waals surface area contributed by atoms with E-state index >= 15 is 0 Å². The van der Waals surface area contributed by atoms with Crippen LogP contribution in [0.25, 0.3) is 10.9 Å². The molecule has 0 aliphatic carbocycles. The van der Waals surface area contributed by atoms with Crippen LogP contribution in [0.5, 0.6) is 0 Å². The molecule has 0 fully saturated rings. The molecule has 2 aromatic rings. The maximum Gasteiger partial charge on any atom is 0.326 e. The molecular weight excluding hydrogens is 500 g/mol. The van der Waals surface area contributed by atoms with Crippen molar-refractivity contribution in [3.05, 3.63) is 36.0 Å². The van der Waals surface area contributed by atoms with Gasteiger partial charge in [-0.05, 0) is 37.4 Å². The summed E-state index contributed by atoms with van der Waals surface area (Å²) in [7, 11) is 0. The van der Waals surface area contributed by atoms with Gasteiger partial charge in [-0.1, -0.05) is 18.2 Å². The van der Waals surface area contributed by atoms with Crippen LogP contribution in [-0.2, 0) is 30.4 Å². The molecule has 2 rings (SSSR count). The minimum Gasteiger partial charge on any atom is -0.481 e. The number of aliphatic hydroxyl groups excluding tert-OH is 1. The summed E-state index contributed by atoms with van der Waals surface area (Å²) < 4.78 is 0. The highest BCUT2D eigenvalue weighted by Gasteiger charge is 2.31. The summed E-state index contributed by atoms with van der Waals surface area (Å²) in [5.74, 6) is -5.28. The second-order valence-electron chi connectivity index (χ2n) is 8.76. The lowest BCUT2D eigenvalue weighted by Gasteiger charge is -2.24. The SMILES string of the molecule is NCCCCC(NC(=O)C(CO)NC(=O)C(Cc1c[nH]c2ccccc12)NC(=O)C(N)CC(=O)O)C(=O)O. The van der Waals surface area contributed by atoms with Crippen molar-refractivity contribution in [2.45, 2.75) is 56.3 Å². The number of aromatic nitrogens is 1. The van der Waals surface area contributed by atoms with Crippen LogP contribution in [0.2, 0.25) is 0 Å². The van der Waals surface area contributed by atoms with Crippen LogP contribution in [0.4, 0.5) is 0 Å². The number of nitrogens with two attached hydrogens (primary N) is 2. The van der Waals surface area contributed by atoms with E-state index in [-0.39, 0.29) is 12.8 Å². The number of hydrogen-bond donors (Lipinski definition) is 9. The van der Waals surface area contributed by atoms with Crippen LogP contribution in [-0.4, -0.2) is 87.3 Å². The zero-order valence-corrected chi connectivity index (χ0v) is 20.7. The Morgan fingerprint density at radius 3 is 2.16 bits per heavy atom. The smallest absolute Gasteiger partial charge is 0.326 e. The molecule has 0 spiro atoms. The molecule has 1 aromatic heterocycles. The number of rotatable bonds is 16. The number of H-pyrrole nitrogens is 1. The van der Waals surface area contributed by atoms with Crippen LogP contribution >= 0.6 is 0 Å². The van der Waals surface area contributed by atoms with Gasteiger partial charge in [-0.3, -0.25) is 19.2 Å². The van der Waals surface area contributed by atoms with Gasteiger partial charge in [0.15, 0.2) is 0 Å². The highest BCUT2D eigenvalue weighted by atomic mass is 16.4. The zero-order chi connectivity index (χ0) is 28.2. The number of amides is 3. The molecule has 0 aliphatic rings. The number of fused-ring (bicyclic) bond motifs is 1. The van der Waals surface area contributed by atoms with Crippen molar-refractivity contribution in [1.29, 1.82) is 0 Å². The first kappa shape index (κ1) is 30.2. The molecule has 4 unspecified atom stereocenters. The Morgan fingerprint density at radius 2 is 1.53 bits per heavy atom. The lowest BCUT2D eigenvalue weighted by atomic mass is 10.0. The summed E-state index contributed by atoms with van der Waals surface area (Å²) in [5.41, 5.74) is 12.5. The van der Waals surface area contributed by atoms with E-state index in [4.69, 9.17) is 16.6 Å². The number of unbranched alkanes of at least 4 members (excludes halogenated alkanes) is 1. The van der Waals surface area contributed by atoms with Crippen molar-refractivity contribution in [3.8, 4) is 0 Å². The first-order valence-electron chi connectivity index (χ1n) is 12.0. The number of aliphatic hydroxyl groups is 1. The normalized spacial score (nSPS) is 14.2. The number of carboxylic acid groups (broad SMARTS) is 2. The van der Waals surface area contributed by atoms with Crippen molar-refractivity contribution in [2.75, 3.05) is 13.2 Å². The quantitative estimate of drug-likeness (QED) is 0.109. The van der Waals surface area contributed by atoms with Crippen LogP contribution in [0.15, 0.2) is 30.5 Å². The van der Waals surface area contributed by atoms with Crippen molar-refractivity contribution in [1.82, 2.24) is 20.9 Å². The molecule has 0 radical (unpaired) electrons. The Kier molecular flexibility index (Phi) is 11.7. The second-order valence-corrected chi connectivity index (χ2v) is 8.76. The van der Waals surface area contributed by atoms with E-state index in [2.05, 4.69) is 20.9 Å². The molecule has 1 aromatic carbocycles. The first-order valence-corrected chi connectivity index (χ1v) is 12.0. The average molecular weight is 535 g/mol. The standard InChI is InChI=1S/C24H34N6O8/c25-8-4-3-7-17(24(37)38)28-23(36)19(12-31)30-22(35)18(29-21(34)15(26)10-20(32)33)9-13-11-27-16-6-2-1-5-14(13)16/h1-2,5-6,11,15,17-19,27,31H,3-4,7-10,12,25-26H2,(H,28,36)(H,29,34)(H,30,35)(H,32,33)(H,37,38). The van der Waals surface area contributed by atoms with Crippen molar-refractivity contribution in [3.63, 3.8) is 0 Å². The summed E-state index contributed by atoms with van der Waals surface area (Å²) in [5, 5.41) is 35.9. The summed E-state index contributed by atoms with van der Waals surface area (Å²) in [6.07, 6.45) is 2.01. The van der Waals surface area contributed by atoms with Gasteiger partial charge in [0.05, 0.1) is 19.1 Å². The fraction of sp³-hybridized carbons (Fsp3) is 0.458. The highest BCUT2D eigenvalue weighted by Crippen LogP contribution is 2.19. The number of aromatic amines is 1. The van der Waals surface area contributed by atoms with Gasteiger partial charge in [0.1, 0.15) is 18.1 Å². The molecule has 11 N–H and O–H groups in total. The van der Waals surface area contributed by atoms with Gasteiger partial charge >= 0.3 is 11.9 Å². The first-order chi connectivity index (χ1) is 18.1. The number of benzene rings is 1. The monoisotopic (exact) mass is 534 g/mol. The Bertz CT molecular complexity index is 1140. The van der Waals surface area contributed by atoms with E-state index in [1.807, 2.05) is 12.1 Å².